The third-order valence-corrected chi connectivity index (χ3v) is 5.84. The number of nitrogens with one attached hydrogen (secondary N) is 1. The van der Waals surface area contributed by atoms with Crippen LogP contribution in [-0.2, 0) is 14.8 Å². The molecule has 0 aromatic heterocycles. The number of rotatable bonds is 6. The first kappa shape index (κ1) is 17.0. The number of amides is 1. The van der Waals surface area contributed by atoms with Crippen LogP contribution in [0.2, 0.25) is 0 Å². The summed E-state index contributed by atoms with van der Waals surface area (Å²) >= 11 is 0. The van der Waals surface area contributed by atoms with E-state index in [0.717, 1.165) is 25.7 Å². The maximum atomic E-state index is 12.6. The summed E-state index contributed by atoms with van der Waals surface area (Å²) in [6.45, 7) is 3.49. The van der Waals surface area contributed by atoms with Gasteiger partial charge in [-0.3, -0.25) is 4.79 Å². The fourth-order valence-corrected chi connectivity index (χ4v) is 4.19. The molecule has 0 aliphatic carbocycles. The average Bonchev–Trinajstić information content (AvgIpc) is 2.56. The molecule has 5 nitrogen and oxygen atoms in total. The first-order valence-electron chi connectivity index (χ1n) is 7.88. The molecule has 1 N–H and O–H groups in total. The van der Waals surface area contributed by atoms with Crippen LogP contribution in [0.3, 0.4) is 0 Å². The average molecular weight is 324 g/mol. The summed E-state index contributed by atoms with van der Waals surface area (Å²) in [5, 5.41) is 2.90. The lowest BCUT2D eigenvalue weighted by Gasteiger charge is -2.31. The number of piperidine rings is 1. The van der Waals surface area contributed by atoms with Gasteiger partial charge in [0.15, 0.2) is 0 Å². The quantitative estimate of drug-likeness (QED) is 0.814. The zero-order valence-electron chi connectivity index (χ0n) is 13.0. The van der Waals surface area contributed by atoms with Gasteiger partial charge < -0.3 is 5.32 Å². The number of hydrogen-bond donors (Lipinski definition) is 1. The number of benzene rings is 1. The van der Waals surface area contributed by atoms with Crippen molar-refractivity contribution in [2.75, 3.05) is 19.6 Å². The van der Waals surface area contributed by atoms with Gasteiger partial charge in [0.05, 0.1) is 10.8 Å². The molecule has 0 saturated carbocycles. The number of hydrogen-bond acceptors (Lipinski definition) is 3. The van der Waals surface area contributed by atoms with E-state index in [0.29, 0.717) is 18.0 Å². The van der Waals surface area contributed by atoms with Crippen molar-refractivity contribution in [2.24, 2.45) is 5.92 Å². The number of carbonyl (C=O) groups is 1. The van der Waals surface area contributed by atoms with E-state index >= 15 is 0 Å². The molecule has 1 aromatic carbocycles. The Kier molecular flexibility index (Phi) is 5.97. The van der Waals surface area contributed by atoms with E-state index in [1.165, 1.54) is 4.31 Å². The number of sulfonamides is 1. The Morgan fingerprint density at radius 3 is 2.73 bits per heavy atom. The van der Waals surface area contributed by atoms with Crippen LogP contribution in [0.15, 0.2) is 35.2 Å². The topological polar surface area (TPSA) is 66.5 Å². The van der Waals surface area contributed by atoms with Crippen LogP contribution < -0.4 is 5.32 Å². The minimum absolute atomic E-state index is 0.0265. The molecule has 1 aliphatic heterocycles. The zero-order chi connectivity index (χ0) is 16.0. The highest BCUT2D eigenvalue weighted by molar-refractivity contribution is 7.89. The predicted octanol–water partition coefficient (Wildman–Crippen LogP) is 2.00. The van der Waals surface area contributed by atoms with Crippen LogP contribution in [0.4, 0.5) is 0 Å². The van der Waals surface area contributed by atoms with Gasteiger partial charge >= 0.3 is 0 Å². The van der Waals surface area contributed by atoms with Crippen molar-refractivity contribution >= 4 is 15.9 Å². The summed E-state index contributed by atoms with van der Waals surface area (Å²) in [7, 11) is -3.50. The van der Waals surface area contributed by atoms with Gasteiger partial charge in [-0.1, -0.05) is 31.5 Å². The molecule has 1 fully saturated rings. The molecule has 1 saturated heterocycles. The van der Waals surface area contributed by atoms with Crippen molar-refractivity contribution in [3.63, 3.8) is 0 Å². The summed E-state index contributed by atoms with van der Waals surface area (Å²) in [4.78, 5) is 12.4. The first-order chi connectivity index (χ1) is 10.6. The Labute approximate surface area is 132 Å². The highest BCUT2D eigenvalue weighted by Gasteiger charge is 2.32. The smallest absolute Gasteiger partial charge is 0.243 e. The molecule has 0 spiro atoms. The third kappa shape index (κ3) is 4.08. The highest BCUT2D eigenvalue weighted by atomic mass is 32.2. The lowest BCUT2D eigenvalue weighted by molar-refractivity contribution is -0.126. The molecule has 22 heavy (non-hydrogen) atoms. The van der Waals surface area contributed by atoms with Gasteiger partial charge in [0.2, 0.25) is 15.9 Å². The lowest BCUT2D eigenvalue weighted by Crippen LogP contribution is -2.45. The molecular weight excluding hydrogens is 300 g/mol. The van der Waals surface area contributed by atoms with Crippen LogP contribution in [0.1, 0.15) is 32.6 Å². The molecule has 0 bridgehead atoms. The van der Waals surface area contributed by atoms with E-state index in [4.69, 9.17) is 0 Å². The Morgan fingerprint density at radius 1 is 1.32 bits per heavy atom. The van der Waals surface area contributed by atoms with Crippen LogP contribution >= 0.6 is 0 Å². The molecule has 122 valence electrons. The Morgan fingerprint density at radius 2 is 2.05 bits per heavy atom. The predicted molar refractivity (Wildman–Crippen MR) is 85.8 cm³/mol. The summed E-state index contributed by atoms with van der Waals surface area (Å²) in [5.74, 6) is -0.273. The van der Waals surface area contributed by atoms with Gasteiger partial charge in [0, 0.05) is 19.6 Å². The number of unbranched alkanes of at least 4 members (excludes halogenated alkanes) is 1. The van der Waals surface area contributed by atoms with Crippen LogP contribution in [0, 0.1) is 5.92 Å². The number of carbonyl (C=O) groups excluding carboxylic acids is 1. The molecule has 1 aromatic rings. The monoisotopic (exact) mass is 324 g/mol. The second-order valence-corrected chi connectivity index (χ2v) is 7.60. The van der Waals surface area contributed by atoms with Crippen molar-refractivity contribution in [1.29, 1.82) is 0 Å². The normalized spacial score (nSPS) is 19.8. The van der Waals surface area contributed by atoms with E-state index in [1.54, 1.807) is 30.3 Å². The summed E-state index contributed by atoms with van der Waals surface area (Å²) < 4.78 is 26.7. The molecule has 1 aliphatic rings. The van der Waals surface area contributed by atoms with Gasteiger partial charge in [-0.15, -0.1) is 0 Å². The van der Waals surface area contributed by atoms with Gasteiger partial charge in [0.25, 0.3) is 0 Å². The summed E-state index contributed by atoms with van der Waals surface area (Å²) in [5.41, 5.74) is 0. The molecular formula is C16H24N2O3S. The van der Waals surface area contributed by atoms with E-state index in [-0.39, 0.29) is 18.4 Å². The van der Waals surface area contributed by atoms with E-state index < -0.39 is 10.0 Å². The van der Waals surface area contributed by atoms with E-state index in [1.807, 2.05) is 0 Å². The van der Waals surface area contributed by atoms with Crippen LogP contribution in [0.5, 0.6) is 0 Å². The summed E-state index contributed by atoms with van der Waals surface area (Å²) in [6.07, 6.45) is 3.45. The minimum Gasteiger partial charge on any atom is -0.356 e. The van der Waals surface area contributed by atoms with Crippen LogP contribution in [0.25, 0.3) is 0 Å². The third-order valence-electron chi connectivity index (χ3n) is 3.97. The van der Waals surface area contributed by atoms with Crippen molar-refractivity contribution in [3.05, 3.63) is 30.3 Å². The Hall–Kier alpha value is -1.40. The second-order valence-electron chi connectivity index (χ2n) is 5.66. The zero-order valence-corrected chi connectivity index (χ0v) is 13.8. The fourth-order valence-electron chi connectivity index (χ4n) is 2.65. The molecule has 1 atom stereocenters. The first-order valence-corrected chi connectivity index (χ1v) is 9.32. The minimum atomic E-state index is -3.50. The molecule has 0 radical (unpaired) electrons. The van der Waals surface area contributed by atoms with Gasteiger partial charge in [-0.2, -0.15) is 4.31 Å². The Bertz CT molecular complexity index is 587. The van der Waals surface area contributed by atoms with Gasteiger partial charge in [-0.25, -0.2) is 8.42 Å². The SMILES string of the molecule is CCCCNC(=O)[C@H]1CCCN(S(=O)(=O)c2ccccc2)C1. The lowest BCUT2D eigenvalue weighted by atomic mass is 9.99. The summed E-state index contributed by atoms with van der Waals surface area (Å²) in [6, 6.07) is 8.41. The van der Waals surface area contributed by atoms with E-state index in [2.05, 4.69) is 12.2 Å². The molecule has 1 amide bonds. The maximum absolute atomic E-state index is 12.6. The van der Waals surface area contributed by atoms with Crippen molar-refractivity contribution < 1.29 is 13.2 Å². The standard InChI is InChI=1S/C16H24N2O3S/c1-2-3-11-17-16(19)14-8-7-12-18(13-14)22(20,21)15-9-5-4-6-10-15/h4-6,9-10,14H,2-3,7-8,11-13H2,1H3,(H,17,19)/t14-/m0/s1. The molecule has 6 heteroatoms. The maximum Gasteiger partial charge on any atom is 0.243 e. The fraction of sp³-hybridized carbons (Fsp3) is 0.562. The molecule has 2 rings (SSSR count). The molecule has 0 unspecified atom stereocenters. The second kappa shape index (κ2) is 7.74. The van der Waals surface area contributed by atoms with Crippen molar-refractivity contribution in [2.45, 2.75) is 37.5 Å². The number of nitrogens with zero attached hydrogens (tertiary/aromatic N) is 1. The highest BCUT2D eigenvalue weighted by Crippen LogP contribution is 2.23. The largest absolute Gasteiger partial charge is 0.356 e. The van der Waals surface area contributed by atoms with Crippen molar-refractivity contribution in [1.82, 2.24) is 9.62 Å². The Balaban J connectivity index is 2.03. The van der Waals surface area contributed by atoms with Crippen molar-refractivity contribution in [3.8, 4) is 0 Å². The van der Waals surface area contributed by atoms with E-state index in [9.17, 15) is 13.2 Å². The van der Waals surface area contributed by atoms with Gasteiger partial charge in [-0.05, 0) is 31.4 Å². The van der Waals surface area contributed by atoms with Gasteiger partial charge in [0.1, 0.15) is 0 Å². The van der Waals surface area contributed by atoms with Crippen LogP contribution in [-0.4, -0.2) is 38.3 Å². The molecule has 1 heterocycles.